The van der Waals surface area contributed by atoms with Gasteiger partial charge in [0.25, 0.3) is 0 Å². The Balaban J connectivity index is 1.33. The van der Waals surface area contributed by atoms with Crippen LogP contribution in [0.4, 0.5) is 0 Å². The van der Waals surface area contributed by atoms with Crippen molar-refractivity contribution in [3.63, 3.8) is 0 Å². The lowest BCUT2D eigenvalue weighted by Crippen LogP contribution is -2.57. The predicted octanol–water partition coefficient (Wildman–Crippen LogP) is 3.39. The molecule has 3 heteroatoms. The molecule has 114 valence electrons. The minimum atomic E-state index is 0.643. The average molecular weight is 285 g/mol. The van der Waals surface area contributed by atoms with Crippen molar-refractivity contribution in [3.8, 4) is 0 Å². The summed E-state index contributed by atoms with van der Waals surface area (Å²) >= 11 is 0. The third kappa shape index (κ3) is 2.08. The summed E-state index contributed by atoms with van der Waals surface area (Å²) in [5.41, 5.74) is 0. The summed E-state index contributed by atoms with van der Waals surface area (Å²) < 4.78 is 2.35. The van der Waals surface area contributed by atoms with Crippen LogP contribution in [-0.2, 0) is 0 Å². The molecule has 1 aromatic rings. The van der Waals surface area contributed by atoms with Crippen molar-refractivity contribution in [1.29, 1.82) is 0 Å². The molecule has 3 nitrogen and oxygen atoms in total. The zero-order valence-corrected chi connectivity index (χ0v) is 12.8. The van der Waals surface area contributed by atoms with E-state index in [2.05, 4.69) is 21.1 Å². The highest BCUT2D eigenvalue weighted by Crippen LogP contribution is 2.54. The SMILES string of the molecule is c1cn(C2CCCC2NC2C3CC4CC(C3)CC2C4)cn1. The minimum Gasteiger partial charge on any atom is -0.333 e. The van der Waals surface area contributed by atoms with Gasteiger partial charge in [0.15, 0.2) is 0 Å². The molecule has 5 aliphatic rings. The fourth-order valence-corrected chi connectivity index (χ4v) is 6.40. The molecule has 5 aliphatic carbocycles. The number of imidazole rings is 1. The second-order valence-corrected chi connectivity index (χ2v) is 8.24. The van der Waals surface area contributed by atoms with Gasteiger partial charge in [0, 0.05) is 30.5 Å². The monoisotopic (exact) mass is 285 g/mol. The quantitative estimate of drug-likeness (QED) is 0.922. The Morgan fingerprint density at radius 2 is 1.71 bits per heavy atom. The predicted molar refractivity (Wildman–Crippen MR) is 82.9 cm³/mol. The maximum Gasteiger partial charge on any atom is 0.0949 e. The first-order valence-corrected chi connectivity index (χ1v) is 9.10. The molecule has 1 heterocycles. The van der Waals surface area contributed by atoms with Crippen LogP contribution in [0.3, 0.4) is 0 Å². The molecule has 2 unspecified atom stereocenters. The molecule has 0 saturated heterocycles. The van der Waals surface area contributed by atoms with Gasteiger partial charge in [0.05, 0.1) is 6.33 Å². The number of aromatic nitrogens is 2. The number of rotatable bonds is 3. The Bertz CT molecular complexity index is 467. The molecule has 6 rings (SSSR count). The fourth-order valence-electron chi connectivity index (χ4n) is 6.40. The largest absolute Gasteiger partial charge is 0.333 e. The van der Waals surface area contributed by atoms with Gasteiger partial charge in [0.1, 0.15) is 0 Å². The van der Waals surface area contributed by atoms with Crippen molar-refractivity contribution in [2.75, 3.05) is 0 Å². The second kappa shape index (κ2) is 4.84. The van der Waals surface area contributed by atoms with Gasteiger partial charge >= 0.3 is 0 Å². The van der Waals surface area contributed by atoms with E-state index in [1.807, 2.05) is 12.5 Å². The highest BCUT2D eigenvalue weighted by atomic mass is 15.1. The van der Waals surface area contributed by atoms with Crippen molar-refractivity contribution in [3.05, 3.63) is 18.7 Å². The topological polar surface area (TPSA) is 29.9 Å². The van der Waals surface area contributed by atoms with Crippen LogP contribution in [0.2, 0.25) is 0 Å². The second-order valence-electron chi connectivity index (χ2n) is 8.24. The summed E-state index contributed by atoms with van der Waals surface area (Å²) in [6.45, 7) is 0. The molecule has 0 spiro atoms. The van der Waals surface area contributed by atoms with E-state index in [4.69, 9.17) is 0 Å². The number of hydrogen-bond acceptors (Lipinski definition) is 2. The molecule has 0 amide bonds. The lowest BCUT2D eigenvalue weighted by molar-refractivity contribution is -0.0190. The summed E-state index contributed by atoms with van der Waals surface area (Å²) in [5, 5.41) is 4.15. The van der Waals surface area contributed by atoms with Gasteiger partial charge in [-0.2, -0.15) is 0 Å². The Morgan fingerprint density at radius 3 is 2.38 bits per heavy atom. The first-order valence-electron chi connectivity index (χ1n) is 9.10. The minimum absolute atomic E-state index is 0.643. The van der Waals surface area contributed by atoms with Gasteiger partial charge < -0.3 is 9.88 Å². The molecular formula is C18H27N3. The van der Waals surface area contributed by atoms with Crippen molar-refractivity contribution < 1.29 is 0 Å². The zero-order valence-electron chi connectivity index (χ0n) is 12.8. The molecule has 5 saturated carbocycles. The Morgan fingerprint density at radius 1 is 0.952 bits per heavy atom. The number of nitrogens with one attached hydrogen (secondary N) is 1. The average Bonchev–Trinajstić information content (AvgIpc) is 3.13. The van der Waals surface area contributed by atoms with E-state index in [0.717, 1.165) is 29.7 Å². The van der Waals surface area contributed by atoms with Gasteiger partial charge in [-0.1, -0.05) is 0 Å². The van der Waals surface area contributed by atoms with E-state index in [9.17, 15) is 0 Å². The Kier molecular flexibility index (Phi) is 2.92. The third-order valence-corrected chi connectivity index (χ3v) is 7.02. The molecule has 4 bridgehead atoms. The Labute approximate surface area is 127 Å². The van der Waals surface area contributed by atoms with Crippen LogP contribution in [0.25, 0.3) is 0 Å². The van der Waals surface area contributed by atoms with Gasteiger partial charge in [-0.3, -0.25) is 0 Å². The molecule has 5 fully saturated rings. The summed E-state index contributed by atoms with van der Waals surface area (Å²) in [6.07, 6.45) is 17.8. The summed E-state index contributed by atoms with van der Waals surface area (Å²) in [7, 11) is 0. The van der Waals surface area contributed by atoms with Gasteiger partial charge in [-0.15, -0.1) is 0 Å². The van der Waals surface area contributed by atoms with Crippen LogP contribution < -0.4 is 5.32 Å². The fraction of sp³-hybridized carbons (Fsp3) is 0.833. The number of nitrogens with zero attached hydrogens (tertiary/aromatic N) is 2. The molecule has 0 aliphatic heterocycles. The summed E-state index contributed by atoms with van der Waals surface area (Å²) in [4.78, 5) is 4.26. The highest BCUT2D eigenvalue weighted by Gasteiger charge is 2.49. The van der Waals surface area contributed by atoms with Gasteiger partial charge in [-0.05, 0) is 75.0 Å². The van der Waals surface area contributed by atoms with E-state index >= 15 is 0 Å². The lowest BCUT2D eigenvalue weighted by atomic mass is 9.54. The van der Waals surface area contributed by atoms with Crippen molar-refractivity contribution in [2.45, 2.75) is 69.5 Å². The van der Waals surface area contributed by atoms with E-state index in [-0.39, 0.29) is 0 Å². The zero-order chi connectivity index (χ0) is 13.8. The maximum atomic E-state index is 4.26. The molecule has 1 aromatic heterocycles. The summed E-state index contributed by atoms with van der Waals surface area (Å²) in [6, 6.07) is 2.15. The normalized spacial score (nSPS) is 48.1. The molecule has 0 radical (unpaired) electrons. The van der Waals surface area contributed by atoms with E-state index in [0.29, 0.717) is 12.1 Å². The van der Waals surface area contributed by atoms with Crippen LogP contribution in [0.15, 0.2) is 18.7 Å². The van der Waals surface area contributed by atoms with Crippen LogP contribution in [0, 0.1) is 23.7 Å². The standard InChI is InChI=1S/C18H27N3/c1-2-16(17(3-1)21-5-4-19-11-21)20-18-14-7-12-6-13(9-14)10-15(18)8-12/h4-5,11-18,20H,1-3,6-10H2. The van der Waals surface area contributed by atoms with E-state index in [1.165, 1.54) is 44.9 Å². The molecule has 0 aromatic carbocycles. The molecule has 1 N–H and O–H groups in total. The first kappa shape index (κ1) is 12.7. The van der Waals surface area contributed by atoms with Gasteiger partial charge in [-0.25, -0.2) is 4.98 Å². The van der Waals surface area contributed by atoms with Gasteiger partial charge in [0.2, 0.25) is 0 Å². The summed E-state index contributed by atoms with van der Waals surface area (Å²) in [5.74, 6) is 4.15. The first-order chi connectivity index (χ1) is 10.4. The van der Waals surface area contributed by atoms with Crippen molar-refractivity contribution >= 4 is 0 Å². The molecule has 2 atom stereocenters. The molecule has 21 heavy (non-hydrogen) atoms. The van der Waals surface area contributed by atoms with Crippen LogP contribution in [-0.4, -0.2) is 21.6 Å². The Hall–Kier alpha value is -0.830. The van der Waals surface area contributed by atoms with Crippen LogP contribution in [0.5, 0.6) is 0 Å². The van der Waals surface area contributed by atoms with Crippen molar-refractivity contribution in [2.24, 2.45) is 23.7 Å². The van der Waals surface area contributed by atoms with E-state index in [1.54, 1.807) is 6.42 Å². The van der Waals surface area contributed by atoms with Crippen LogP contribution in [0.1, 0.15) is 57.4 Å². The van der Waals surface area contributed by atoms with Crippen molar-refractivity contribution in [1.82, 2.24) is 14.9 Å². The smallest absolute Gasteiger partial charge is 0.0949 e. The third-order valence-electron chi connectivity index (χ3n) is 7.02. The highest BCUT2D eigenvalue weighted by molar-refractivity contribution is 5.03. The number of hydrogen-bond donors (Lipinski definition) is 1. The molecular weight excluding hydrogens is 258 g/mol. The maximum absolute atomic E-state index is 4.26. The lowest BCUT2D eigenvalue weighted by Gasteiger charge is -2.55. The van der Waals surface area contributed by atoms with E-state index < -0.39 is 0 Å². The van der Waals surface area contributed by atoms with Crippen LogP contribution >= 0.6 is 0 Å².